The molecule has 6 nitrogen and oxygen atoms in total. The molecule has 1 unspecified atom stereocenters. The van der Waals surface area contributed by atoms with E-state index in [1.165, 1.54) is 0 Å². The number of likely N-dealkylation sites (tertiary alicyclic amines) is 1. The second-order valence-electron chi connectivity index (χ2n) is 4.68. The molecule has 2 heterocycles. The van der Waals surface area contributed by atoms with Crippen molar-refractivity contribution in [1.29, 1.82) is 0 Å². The number of hydrogen-bond donors (Lipinski definition) is 1. The summed E-state index contributed by atoms with van der Waals surface area (Å²) < 4.78 is 5.16. The molecule has 0 radical (unpaired) electrons. The molecule has 0 bridgehead atoms. The second-order valence-corrected chi connectivity index (χ2v) is 4.68. The maximum Gasteiger partial charge on any atom is 0.304 e. The van der Waals surface area contributed by atoms with Crippen molar-refractivity contribution >= 4 is 5.97 Å². The highest BCUT2D eigenvalue weighted by molar-refractivity contribution is 5.67. The highest BCUT2D eigenvalue weighted by atomic mass is 16.5. The molecule has 0 aliphatic carbocycles. The van der Waals surface area contributed by atoms with Crippen molar-refractivity contribution in [1.82, 2.24) is 15.0 Å². The van der Waals surface area contributed by atoms with Crippen LogP contribution in [0, 0.1) is 0 Å². The SMILES string of the molecule is CCc1noc(CN2CCCCC2CC(=O)O)n1. The monoisotopic (exact) mass is 253 g/mol. The first-order valence-corrected chi connectivity index (χ1v) is 6.46. The molecule has 2 rings (SSSR count). The van der Waals surface area contributed by atoms with Gasteiger partial charge in [0.1, 0.15) is 0 Å². The lowest BCUT2D eigenvalue weighted by Crippen LogP contribution is -2.40. The zero-order valence-electron chi connectivity index (χ0n) is 10.6. The smallest absolute Gasteiger partial charge is 0.304 e. The Labute approximate surface area is 106 Å². The van der Waals surface area contributed by atoms with E-state index in [2.05, 4.69) is 15.0 Å². The number of hydrogen-bond acceptors (Lipinski definition) is 5. The number of carbonyl (C=O) groups is 1. The first-order chi connectivity index (χ1) is 8.69. The van der Waals surface area contributed by atoms with Crippen molar-refractivity contribution in [2.24, 2.45) is 0 Å². The molecule has 0 amide bonds. The normalized spacial score (nSPS) is 21.1. The van der Waals surface area contributed by atoms with E-state index in [9.17, 15) is 4.79 Å². The van der Waals surface area contributed by atoms with Crippen LogP contribution in [0.5, 0.6) is 0 Å². The van der Waals surface area contributed by atoms with E-state index in [4.69, 9.17) is 9.63 Å². The van der Waals surface area contributed by atoms with Gasteiger partial charge in [-0.3, -0.25) is 9.69 Å². The number of rotatable bonds is 5. The molecular formula is C12H19N3O3. The maximum absolute atomic E-state index is 10.8. The number of aliphatic carboxylic acids is 1. The summed E-state index contributed by atoms with van der Waals surface area (Å²) in [5.74, 6) is 0.549. The molecule has 1 fully saturated rings. The number of nitrogens with zero attached hydrogens (tertiary/aromatic N) is 3. The third kappa shape index (κ3) is 3.29. The number of aromatic nitrogens is 2. The van der Waals surface area contributed by atoms with E-state index < -0.39 is 5.97 Å². The van der Waals surface area contributed by atoms with Gasteiger partial charge in [0.2, 0.25) is 5.89 Å². The summed E-state index contributed by atoms with van der Waals surface area (Å²) in [5.41, 5.74) is 0. The maximum atomic E-state index is 10.8. The highest BCUT2D eigenvalue weighted by Crippen LogP contribution is 2.21. The molecule has 6 heteroatoms. The van der Waals surface area contributed by atoms with Crippen LogP contribution in [-0.4, -0.2) is 38.7 Å². The van der Waals surface area contributed by atoms with E-state index in [-0.39, 0.29) is 12.5 Å². The minimum absolute atomic E-state index is 0.0910. The number of carboxylic acid groups (broad SMARTS) is 1. The summed E-state index contributed by atoms with van der Waals surface area (Å²) in [6, 6.07) is 0.0910. The molecule has 0 spiro atoms. The Kier molecular flexibility index (Phi) is 4.30. The zero-order valence-corrected chi connectivity index (χ0v) is 10.6. The van der Waals surface area contributed by atoms with Crippen LogP contribution in [0.4, 0.5) is 0 Å². The Hall–Kier alpha value is -1.43. The largest absolute Gasteiger partial charge is 0.481 e. The van der Waals surface area contributed by atoms with Gasteiger partial charge in [0, 0.05) is 12.5 Å². The number of piperidine rings is 1. The van der Waals surface area contributed by atoms with Crippen LogP contribution in [0.2, 0.25) is 0 Å². The topological polar surface area (TPSA) is 79.5 Å². The molecule has 1 saturated heterocycles. The summed E-state index contributed by atoms with van der Waals surface area (Å²) in [5, 5.41) is 12.8. The molecule has 0 aromatic carbocycles. The van der Waals surface area contributed by atoms with Crippen LogP contribution in [-0.2, 0) is 17.8 Å². The quantitative estimate of drug-likeness (QED) is 0.855. The first kappa shape index (κ1) is 13.0. The molecule has 1 aliphatic rings. The van der Waals surface area contributed by atoms with E-state index in [0.717, 1.165) is 32.2 Å². The molecule has 1 N–H and O–H groups in total. The zero-order chi connectivity index (χ0) is 13.0. The van der Waals surface area contributed by atoms with Crippen molar-refractivity contribution in [2.45, 2.75) is 51.6 Å². The van der Waals surface area contributed by atoms with Gasteiger partial charge in [0.25, 0.3) is 0 Å². The van der Waals surface area contributed by atoms with E-state index in [1.807, 2.05) is 6.92 Å². The first-order valence-electron chi connectivity index (χ1n) is 6.46. The van der Waals surface area contributed by atoms with Gasteiger partial charge in [0.15, 0.2) is 5.82 Å². The summed E-state index contributed by atoms with van der Waals surface area (Å²) in [6.45, 7) is 3.44. The van der Waals surface area contributed by atoms with Gasteiger partial charge in [-0.25, -0.2) is 0 Å². The fourth-order valence-corrected chi connectivity index (χ4v) is 2.37. The van der Waals surface area contributed by atoms with Crippen molar-refractivity contribution in [3.63, 3.8) is 0 Å². The third-order valence-electron chi connectivity index (χ3n) is 3.32. The molecule has 1 aromatic rings. The van der Waals surface area contributed by atoms with Crippen LogP contribution in [0.15, 0.2) is 4.52 Å². The number of aryl methyl sites for hydroxylation is 1. The Morgan fingerprint density at radius 2 is 2.39 bits per heavy atom. The van der Waals surface area contributed by atoms with Crippen molar-refractivity contribution in [2.75, 3.05) is 6.54 Å². The lowest BCUT2D eigenvalue weighted by molar-refractivity contribution is -0.138. The fourth-order valence-electron chi connectivity index (χ4n) is 2.37. The van der Waals surface area contributed by atoms with Gasteiger partial charge in [-0.1, -0.05) is 18.5 Å². The summed E-state index contributed by atoms with van der Waals surface area (Å²) in [6.07, 6.45) is 4.07. The standard InChI is InChI=1S/C12H19N3O3/c1-2-10-13-11(18-14-10)8-15-6-4-3-5-9(15)7-12(16)17/h9H,2-8H2,1H3,(H,16,17). The van der Waals surface area contributed by atoms with Crippen LogP contribution in [0.3, 0.4) is 0 Å². The second kappa shape index (κ2) is 5.95. The van der Waals surface area contributed by atoms with Gasteiger partial charge in [-0.05, 0) is 19.4 Å². The van der Waals surface area contributed by atoms with Crippen LogP contribution >= 0.6 is 0 Å². The predicted molar refractivity (Wildman–Crippen MR) is 64.0 cm³/mol. The molecule has 100 valence electrons. The summed E-state index contributed by atoms with van der Waals surface area (Å²) in [7, 11) is 0. The van der Waals surface area contributed by atoms with E-state index >= 15 is 0 Å². The van der Waals surface area contributed by atoms with Crippen LogP contribution in [0.1, 0.15) is 44.3 Å². The summed E-state index contributed by atoms with van der Waals surface area (Å²) in [4.78, 5) is 17.3. The molecule has 1 aliphatic heterocycles. The van der Waals surface area contributed by atoms with E-state index in [0.29, 0.717) is 18.3 Å². The number of carboxylic acids is 1. The third-order valence-corrected chi connectivity index (χ3v) is 3.32. The van der Waals surface area contributed by atoms with Gasteiger partial charge in [-0.15, -0.1) is 0 Å². The molecular weight excluding hydrogens is 234 g/mol. The minimum atomic E-state index is -0.744. The molecule has 1 atom stereocenters. The van der Waals surface area contributed by atoms with Gasteiger partial charge >= 0.3 is 5.97 Å². The van der Waals surface area contributed by atoms with Crippen molar-refractivity contribution in [3.8, 4) is 0 Å². The average molecular weight is 253 g/mol. The van der Waals surface area contributed by atoms with Crippen LogP contribution in [0.25, 0.3) is 0 Å². The minimum Gasteiger partial charge on any atom is -0.481 e. The fraction of sp³-hybridized carbons (Fsp3) is 0.750. The van der Waals surface area contributed by atoms with E-state index in [1.54, 1.807) is 0 Å². The predicted octanol–water partition coefficient (Wildman–Crippen LogP) is 1.46. The summed E-state index contributed by atoms with van der Waals surface area (Å²) >= 11 is 0. The molecule has 1 aromatic heterocycles. The Bertz CT molecular complexity index is 405. The molecule has 0 saturated carbocycles. The van der Waals surface area contributed by atoms with Gasteiger partial charge in [-0.2, -0.15) is 4.98 Å². The Balaban J connectivity index is 1.98. The van der Waals surface area contributed by atoms with Crippen molar-refractivity contribution < 1.29 is 14.4 Å². The lowest BCUT2D eigenvalue weighted by atomic mass is 9.99. The highest BCUT2D eigenvalue weighted by Gasteiger charge is 2.26. The average Bonchev–Trinajstić information content (AvgIpc) is 2.79. The van der Waals surface area contributed by atoms with Crippen molar-refractivity contribution in [3.05, 3.63) is 11.7 Å². The Morgan fingerprint density at radius 3 is 3.06 bits per heavy atom. The van der Waals surface area contributed by atoms with Gasteiger partial charge < -0.3 is 9.63 Å². The Morgan fingerprint density at radius 1 is 1.56 bits per heavy atom. The lowest BCUT2D eigenvalue weighted by Gasteiger charge is -2.33. The van der Waals surface area contributed by atoms with Crippen LogP contribution < -0.4 is 0 Å². The van der Waals surface area contributed by atoms with Gasteiger partial charge in [0.05, 0.1) is 13.0 Å². The molecule has 18 heavy (non-hydrogen) atoms.